The van der Waals surface area contributed by atoms with Crippen molar-refractivity contribution in [2.75, 3.05) is 25.2 Å². The van der Waals surface area contributed by atoms with Crippen LogP contribution in [0, 0.1) is 5.82 Å². The van der Waals surface area contributed by atoms with Crippen molar-refractivity contribution in [1.29, 1.82) is 0 Å². The Hall–Kier alpha value is -2.89. The largest absolute Gasteiger partial charge is 0.494 e. The van der Waals surface area contributed by atoms with Gasteiger partial charge in [-0.1, -0.05) is 18.2 Å². The Morgan fingerprint density at radius 3 is 2.48 bits per heavy atom. The second-order valence-corrected chi connectivity index (χ2v) is 5.84. The summed E-state index contributed by atoms with van der Waals surface area (Å²) >= 11 is 0. The monoisotopic (exact) mass is 373 g/mol. The van der Waals surface area contributed by atoms with E-state index < -0.39 is 11.8 Å². The van der Waals surface area contributed by atoms with Gasteiger partial charge in [0.05, 0.1) is 25.0 Å². The fourth-order valence-corrected chi connectivity index (χ4v) is 2.82. The first-order chi connectivity index (χ1) is 13.0. The number of carbonyl (C=O) groups is 2. The summed E-state index contributed by atoms with van der Waals surface area (Å²) in [5, 5.41) is 0. The van der Waals surface area contributed by atoms with E-state index in [1.165, 1.54) is 13.2 Å². The third-order valence-electron chi connectivity index (χ3n) is 4.15. The van der Waals surface area contributed by atoms with E-state index in [1.807, 2.05) is 6.92 Å². The average molecular weight is 373 g/mol. The van der Waals surface area contributed by atoms with Crippen LogP contribution < -0.4 is 9.64 Å². The summed E-state index contributed by atoms with van der Waals surface area (Å²) in [5.74, 6) is -0.895. The van der Waals surface area contributed by atoms with Crippen LogP contribution in [0.25, 0.3) is 0 Å². The van der Waals surface area contributed by atoms with Crippen LogP contribution in [-0.4, -0.2) is 32.1 Å². The van der Waals surface area contributed by atoms with Crippen molar-refractivity contribution in [2.24, 2.45) is 0 Å². The van der Waals surface area contributed by atoms with Crippen LogP contribution >= 0.6 is 0 Å². The maximum Gasteiger partial charge on any atom is 0.340 e. The summed E-state index contributed by atoms with van der Waals surface area (Å²) < 4.78 is 23.8. The molecular weight excluding hydrogens is 349 g/mol. The van der Waals surface area contributed by atoms with Crippen LogP contribution in [0.4, 0.5) is 10.1 Å². The highest BCUT2D eigenvalue weighted by molar-refractivity contribution is 6.02. The van der Waals surface area contributed by atoms with Crippen LogP contribution in [0.15, 0.2) is 42.5 Å². The van der Waals surface area contributed by atoms with Crippen LogP contribution in [0.1, 0.15) is 36.2 Å². The molecule has 6 heteroatoms. The van der Waals surface area contributed by atoms with Gasteiger partial charge in [-0.3, -0.25) is 4.79 Å². The van der Waals surface area contributed by atoms with E-state index in [0.29, 0.717) is 29.8 Å². The predicted molar refractivity (Wildman–Crippen MR) is 102 cm³/mol. The van der Waals surface area contributed by atoms with Gasteiger partial charge in [0.15, 0.2) is 11.6 Å². The summed E-state index contributed by atoms with van der Waals surface area (Å²) in [7, 11) is 1.40. The quantitative estimate of drug-likeness (QED) is 0.657. The topological polar surface area (TPSA) is 55.8 Å². The number of carbonyl (C=O) groups excluding carboxylic acids is 2. The summed E-state index contributed by atoms with van der Waals surface area (Å²) in [6.45, 7) is 4.24. The first kappa shape index (κ1) is 20.4. The number of amides is 1. The van der Waals surface area contributed by atoms with Gasteiger partial charge in [0.1, 0.15) is 0 Å². The summed E-state index contributed by atoms with van der Waals surface area (Å²) in [6, 6.07) is 11.5. The summed E-state index contributed by atoms with van der Waals surface area (Å²) in [4.78, 5) is 26.5. The zero-order valence-corrected chi connectivity index (χ0v) is 15.8. The van der Waals surface area contributed by atoms with E-state index in [2.05, 4.69) is 0 Å². The zero-order chi connectivity index (χ0) is 19.8. The smallest absolute Gasteiger partial charge is 0.340 e. The fraction of sp³-hybridized carbons (Fsp3) is 0.333. The Labute approximate surface area is 158 Å². The molecule has 27 heavy (non-hydrogen) atoms. The molecule has 0 heterocycles. The minimum Gasteiger partial charge on any atom is -0.494 e. The van der Waals surface area contributed by atoms with Crippen LogP contribution in [-0.2, 0) is 16.0 Å². The number of methoxy groups -OCH3 is 1. The second kappa shape index (κ2) is 9.71. The van der Waals surface area contributed by atoms with Gasteiger partial charge in [0, 0.05) is 13.0 Å². The van der Waals surface area contributed by atoms with Gasteiger partial charge < -0.3 is 14.4 Å². The van der Waals surface area contributed by atoms with Crippen molar-refractivity contribution in [3.63, 3.8) is 0 Å². The lowest BCUT2D eigenvalue weighted by Gasteiger charge is -2.23. The lowest BCUT2D eigenvalue weighted by atomic mass is 10.1. The molecule has 0 saturated heterocycles. The second-order valence-electron chi connectivity index (χ2n) is 5.84. The molecule has 144 valence electrons. The lowest BCUT2D eigenvalue weighted by molar-refractivity contribution is -0.118. The molecule has 0 fully saturated rings. The number of benzene rings is 2. The van der Waals surface area contributed by atoms with Gasteiger partial charge in [0.25, 0.3) is 0 Å². The van der Waals surface area contributed by atoms with Crippen molar-refractivity contribution in [2.45, 2.75) is 26.7 Å². The lowest BCUT2D eigenvalue weighted by Crippen LogP contribution is -2.32. The Balaban J connectivity index is 2.15. The Morgan fingerprint density at radius 2 is 1.85 bits per heavy atom. The molecule has 0 atom stereocenters. The van der Waals surface area contributed by atoms with E-state index >= 15 is 0 Å². The number of hydrogen-bond donors (Lipinski definition) is 0. The molecule has 2 rings (SSSR count). The number of ether oxygens (including phenoxy) is 2. The Kier molecular flexibility index (Phi) is 7.34. The molecule has 0 bridgehead atoms. The zero-order valence-electron chi connectivity index (χ0n) is 15.8. The number of halogens is 1. The Morgan fingerprint density at radius 1 is 1.11 bits per heavy atom. The molecule has 0 aliphatic carbocycles. The third kappa shape index (κ3) is 5.06. The molecule has 0 unspecified atom stereocenters. The number of hydrogen-bond acceptors (Lipinski definition) is 4. The van der Waals surface area contributed by atoms with Gasteiger partial charge >= 0.3 is 5.97 Å². The van der Waals surface area contributed by atoms with Gasteiger partial charge in [-0.25, -0.2) is 9.18 Å². The highest BCUT2D eigenvalue weighted by Crippen LogP contribution is 2.23. The predicted octanol–water partition coefficient (Wildman–Crippen LogP) is 4.00. The number of aryl methyl sites for hydroxylation is 1. The number of para-hydroxylation sites is 1. The van der Waals surface area contributed by atoms with E-state index in [-0.39, 0.29) is 24.7 Å². The first-order valence-corrected chi connectivity index (χ1v) is 8.90. The molecule has 5 nitrogen and oxygen atoms in total. The molecule has 0 aliphatic rings. The van der Waals surface area contributed by atoms with E-state index in [4.69, 9.17) is 9.47 Å². The highest BCUT2D eigenvalue weighted by Gasteiger charge is 2.21. The molecule has 0 aromatic heterocycles. The SMILES string of the molecule is CCOC(=O)c1ccccc1N(CC)C(=O)CCc1ccc(OC)c(F)c1. The molecule has 0 radical (unpaired) electrons. The van der Waals surface area contributed by atoms with Crippen molar-refractivity contribution >= 4 is 17.6 Å². The first-order valence-electron chi connectivity index (χ1n) is 8.90. The van der Waals surface area contributed by atoms with E-state index in [0.717, 1.165) is 0 Å². The number of nitrogens with zero attached hydrogens (tertiary/aromatic N) is 1. The van der Waals surface area contributed by atoms with Crippen molar-refractivity contribution in [1.82, 2.24) is 0 Å². The average Bonchev–Trinajstić information content (AvgIpc) is 2.67. The van der Waals surface area contributed by atoms with Crippen LogP contribution in [0.3, 0.4) is 0 Å². The molecule has 0 N–H and O–H groups in total. The van der Waals surface area contributed by atoms with E-state index in [1.54, 1.807) is 48.2 Å². The van der Waals surface area contributed by atoms with Crippen molar-refractivity contribution < 1.29 is 23.5 Å². The van der Waals surface area contributed by atoms with Gasteiger partial charge in [-0.15, -0.1) is 0 Å². The summed E-state index contributed by atoms with van der Waals surface area (Å²) in [6.07, 6.45) is 0.578. The van der Waals surface area contributed by atoms with Crippen LogP contribution in [0.5, 0.6) is 5.75 Å². The molecule has 2 aromatic rings. The highest BCUT2D eigenvalue weighted by atomic mass is 19.1. The molecule has 2 aromatic carbocycles. The minimum atomic E-state index is -0.462. The van der Waals surface area contributed by atoms with Gasteiger partial charge in [0.2, 0.25) is 5.91 Å². The number of rotatable bonds is 8. The standard InChI is InChI=1S/C21H24FNO4/c1-4-23(18-9-7-6-8-16(18)21(25)27-5-2)20(24)13-11-15-10-12-19(26-3)17(22)14-15/h6-10,12,14H,4-5,11,13H2,1-3H3. The maximum atomic E-state index is 13.8. The van der Waals surface area contributed by atoms with Crippen LogP contribution in [0.2, 0.25) is 0 Å². The van der Waals surface area contributed by atoms with Crippen molar-refractivity contribution in [3.05, 3.63) is 59.4 Å². The molecule has 1 amide bonds. The molecule has 0 aliphatic heterocycles. The van der Waals surface area contributed by atoms with Gasteiger partial charge in [-0.05, 0) is 50.1 Å². The number of anilines is 1. The Bertz CT molecular complexity index is 807. The summed E-state index contributed by atoms with van der Waals surface area (Å²) in [5.41, 5.74) is 1.57. The van der Waals surface area contributed by atoms with Crippen molar-refractivity contribution in [3.8, 4) is 5.75 Å². The third-order valence-corrected chi connectivity index (χ3v) is 4.15. The fourth-order valence-electron chi connectivity index (χ4n) is 2.82. The molecule has 0 saturated carbocycles. The molecular formula is C21H24FNO4. The van der Waals surface area contributed by atoms with Gasteiger partial charge in [-0.2, -0.15) is 0 Å². The maximum absolute atomic E-state index is 13.8. The normalized spacial score (nSPS) is 10.4. The minimum absolute atomic E-state index is 0.148. The van der Waals surface area contributed by atoms with E-state index in [9.17, 15) is 14.0 Å². The molecule has 0 spiro atoms. The number of esters is 1.